The molecule has 0 bridgehead atoms. The summed E-state index contributed by atoms with van der Waals surface area (Å²) in [6.07, 6.45) is 0. The standard InChI is InChI=1S/C12H8ClN3O5/c13-7-3-5(1-2-6(7)11(19)20)14-10(18)8-4-9(17)16-12(21)15-8/h1-4H,(H,14,18)(H,19,20)(H2,15,16,17,21). The number of carboxylic acid groups (broad SMARTS) is 1. The molecule has 1 heterocycles. The third-order valence-electron chi connectivity index (χ3n) is 2.46. The number of aromatic nitrogens is 2. The molecule has 0 aliphatic carbocycles. The third kappa shape index (κ3) is 3.37. The topological polar surface area (TPSA) is 132 Å². The second-order valence-electron chi connectivity index (χ2n) is 3.96. The summed E-state index contributed by atoms with van der Waals surface area (Å²) in [6.45, 7) is 0. The maximum atomic E-state index is 11.9. The number of benzene rings is 1. The van der Waals surface area contributed by atoms with Gasteiger partial charge in [0.25, 0.3) is 11.5 Å². The molecule has 2 aromatic rings. The Morgan fingerprint density at radius 2 is 1.86 bits per heavy atom. The number of anilines is 1. The van der Waals surface area contributed by atoms with Crippen molar-refractivity contribution in [1.29, 1.82) is 0 Å². The Morgan fingerprint density at radius 1 is 1.14 bits per heavy atom. The van der Waals surface area contributed by atoms with E-state index in [0.29, 0.717) is 0 Å². The quantitative estimate of drug-likeness (QED) is 0.661. The van der Waals surface area contributed by atoms with Crippen LogP contribution in [0.5, 0.6) is 0 Å². The van der Waals surface area contributed by atoms with E-state index in [1.54, 1.807) is 0 Å². The van der Waals surface area contributed by atoms with E-state index in [1.165, 1.54) is 18.2 Å². The lowest BCUT2D eigenvalue weighted by Gasteiger charge is -2.06. The molecule has 1 aromatic heterocycles. The fraction of sp³-hybridized carbons (Fsp3) is 0. The van der Waals surface area contributed by atoms with Gasteiger partial charge < -0.3 is 15.4 Å². The van der Waals surface area contributed by atoms with Crippen LogP contribution in [0.15, 0.2) is 33.9 Å². The third-order valence-corrected chi connectivity index (χ3v) is 2.78. The molecule has 108 valence electrons. The van der Waals surface area contributed by atoms with Crippen molar-refractivity contribution in [3.8, 4) is 0 Å². The lowest BCUT2D eigenvalue weighted by Crippen LogP contribution is -2.27. The van der Waals surface area contributed by atoms with Gasteiger partial charge in [0.05, 0.1) is 10.6 Å². The largest absolute Gasteiger partial charge is 0.478 e. The molecule has 0 saturated carbocycles. The summed E-state index contributed by atoms with van der Waals surface area (Å²) in [7, 11) is 0. The number of carbonyl (C=O) groups excluding carboxylic acids is 1. The van der Waals surface area contributed by atoms with Crippen LogP contribution in [0.1, 0.15) is 20.8 Å². The molecule has 1 aromatic carbocycles. The highest BCUT2D eigenvalue weighted by Gasteiger charge is 2.12. The van der Waals surface area contributed by atoms with Crippen LogP contribution in [0.25, 0.3) is 0 Å². The van der Waals surface area contributed by atoms with E-state index in [-0.39, 0.29) is 22.0 Å². The maximum absolute atomic E-state index is 11.9. The fourth-order valence-corrected chi connectivity index (χ4v) is 1.82. The first-order chi connectivity index (χ1) is 9.86. The normalized spacial score (nSPS) is 10.1. The number of hydrogen-bond acceptors (Lipinski definition) is 4. The van der Waals surface area contributed by atoms with Crippen LogP contribution in [0.2, 0.25) is 5.02 Å². The van der Waals surface area contributed by atoms with Crippen molar-refractivity contribution in [2.45, 2.75) is 0 Å². The van der Waals surface area contributed by atoms with Gasteiger partial charge in [0.1, 0.15) is 5.69 Å². The van der Waals surface area contributed by atoms with Gasteiger partial charge in [-0.1, -0.05) is 11.6 Å². The maximum Gasteiger partial charge on any atom is 0.337 e. The first-order valence-electron chi connectivity index (χ1n) is 5.54. The Kier molecular flexibility index (Phi) is 3.90. The van der Waals surface area contributed by atoms with E-state index < -0.39 is 23.1 Å². The monoisotopic (exact) mass is 309 g/mol. The average Bonchev–Trinajstić information content (AvgIpc) is 2.37. The molecule has 0 unspecified atom stereocenters. The van der Waals surface area contributed by atoms with Gasteiger partial charge in [-0.15, -0.1) is 0 Å². The fourth-order valence-electron chi connectivity index (χ4n) is 1.56. The second kappa shape index (κ2) is 5.63. The summed E-state index contributed by atoms with van der Waals surface area (Å²) in [5.74, 6) is -1.94. The van der Waals surface area contributed by atoms with E-state index in [0.717, 1.165) is 6.07 Å². The van der Waals surface area contributed by atoms with Gasteiger partial charge in [0.2, 0.25) is 0 Å². The zero-order chi connectivity index (χ0) is 15.6. The Morgan fingerprint density at radius 3 is 2.43 bits per heavy atom. The lowest BCUT2D eigenvalue weighted by molar-refractivity contribution is 0.0697. The number of aromatic carboxylic acids is 1. The number of amides is 1. The molecule has 8 nitrogen and oxygen atoms in total. The van der Waals surface area contributed by atoms with Gasteiger partial charge in [0.15, 0.2) is 0 Å². The second-order valence-corrected chi connectivity index (χ2v) is 4.36. The van der Waals surface area contributed by atoms with Crippen LogP contribution in [-0.4, -0.2) is 27.0 Å². The average molecular weight is 310 g/mol. The van der Waals surface area contributed by atoms with Crippen LogP contribution in [0, 0.1) is 0 Å². The number of nitrogens with one attached hydrogen (secondary N) is 3. The lowest BCUT2D eigenvalue weighted by atomic mass is 10.2. The van der Waals surface area contributed by atoms with E-state index in [9.17, 15) is 19.2 Å². The SMILES string of the molecule is O=C(Nc1ccc(C(=O)O)c(Cl)c1)c1cc(=O)[nH]c(=O)[nH]1. The Bertz CT molecular complexity index is 811. The molecule has 4 N–H and O–H groups in total. The number of carboxylic acids is 1. The van der Waals surface area contributed by atoms with E-state index in [1.807, 2.05) is 4.98 Å². The van der Waals surface area contributed by atoms with Gasteiger partial charge in [-0.05, 0) is 18.2 Å². The summed E-state index contributed by atoms with van der Waals surface area (Å²) in [6, 6.07) is 4.72. The van der Waals surface area contributed by atoms with E-state index in [2.05, 4.69) is 10.3 Å². The van der Waals surface area contributed by atoms with Crippen molar-refractivity contribution in [3.63, 3.8) is 0 Å². The Balaban J connectivity index is 2.27. The van der Waals surface area contributed by atoms with E-state index >= 15 is 0 Å². The number of aromatic amines is 2. The Hall–Kier alpha value is -2.87. The van der Waals surface area contributed by atoms with Crippen LogP contribution < -0.4 is 16.6 Å². The number of halogens is 1. The zero-order valence-electron chi connectivity index (χ0n) is 10.3. The van der Waals surface area contributed by atoms with Gasteiger partial charge in [0, 0.05) is 11.8 Å². The first-order valence-corrected chi connectivity index (χ1v) is 5.92. The van der Waals surface area contributed by atoms with Crippen molar-refractivity contribution >= 4 is 29.2 Å². The van der Waals surface area contributed by atoms with Crippen LogP contribution in [0.3, 0.4) is 0 Å². The molecule has 0 saturated heterocycles. The van der Waals surface area contributed by atoms with Gasteiger partial charge >= 0.3 is 11.7 Å². The first kappa shape index (κ1) is 14.5. The summed E-state index contributed by atoms with van der Waals surface area (Å²) < 4.78 is 0. The molecule has 21 heavy (non-hydrogen) atoms. The zero-order valence-corrected chi connectivity index (χ0v) is 11.0. The van der Waals surface area contributed by atoms with Crippen molar-refractivity contribution in [2.75, 3.05) is 5.32 Å². The molecular formula is C12H8ClN3O5. The van der Waals surface area contributed by atoms with E-state index in [4.69, 9.17) is 16.7 Å². The predicted octanol–water partition coefficient (Wildman–Crippen LogP) is 0.667. The summed E-state index contributed by atoms with van der Waals surface area (Å²) >= 11 is 5.76. The molecule has 0 aliphatic rings. The summed E-state index contributed by atoms with van der Waals surface area (Å²) in [5.41, 5.74) is -1.66. The molecule has 0 fully saturated rings. The van der Waals surface area contributed by atoms with Gasteiger partial charge in [-0.25, -0.2) is 9.59 Å². The van der Waals surface area contributed by atoms with Crippen molar-refractivity contribution in [1.82, 2.24) is 9.97 Å². The minimum atomic E-state index is -1.20. The van der Waals surface area contributed by atoms with Crippen LogP contribution in [0.4, 0.5) is 5.69 Å². The highest BCUT2D eigenvalue weighted by Crippen LogP contribution is 2.21. The predicted molar refractivity (Wildman–Crippen MR) is 74.0 cm³/mol. The van der Waals surface area contributed by atoms with Gasteiger partial charge in [-0.3, -0.25) is 14.6 Å². The van der Waals surface area contributed by atoms with Crippen molar-refractivity contribution in [3.05, 3.63) is 61.4 Å². The van der Waals surface area contributed by atoms with Crippen LogP contribution >= 0.6 is 11.6 Å². The highest BCUT2D eigenvalue weighted by molar-refractivity contribution is 6.33. The Labute approximate surface area is 121 Å². The smallest absolute Gasteiger partial charge is 0.337 e. The highest BCUT2D eigenvalue weighted by atomic mass is 35.5. The molecule has 0 spiro atoms. The summed E-state index contributed by atoms with van der Waals surface area (Å²) in [5, 5.41) is 11.2. The molecule has 1 amide bonds. The summed E-state index contributed by atoms with van der Waals surface area (Å²) in [4.78, 5) is 48.9. The molecule has 0 radical (unpaired) electrons. The molecular weight excluding hydrogens is 302 g/mol. The number of rotatable bonds is 3. The molecule has 0 atom stereocenters. The number of carbonyl (C=O) groups is 2. The molecule has 2 rings (SSSR count). The van der Waals surface area contributed by atoms with Crippen molar-refractivity contribution in [2.24, 2.45) is 0 Å². The minimum Gasteiger partial charge on any atom is -0.478 e. The van der Waals surface area contributed by atoms with Crippen molar-refractivity contribution < 1.29 is 14.7 Å². The van der Waals surface area contributed by atoms with Crippen LogP contribution in [-0.2, 0) is 0 Å². The number of hydrogen-bond donors (Lipinski definition) is 4. The number of H-pyrrole nitrogens is 2. The van der Waals surface area contributed by atoms with Gasteiger partial charge in [-0.2, -0.15) is 0 Å². The molecule has 0 aliphatic heterocycles. The minimum absolute atomic E-state index is 0.0558. The molecule has 9 heteroatoms.